The number of methoxy groups -OCH3 is 1. The number of Topliss-reactive ketones (excluding diaryl/α,β-unsaturated/α-hetero) is 1. The number of carbonyl (C=O) groups excluding carboxylic acids is 2. The minimum Gasteiger partial charge on any atom is -0.497 e. The van der Waals surface area contributed by atoms with Gasteiger partial charge in [-0.3, -0.25) is 9.59 Å². The number of carbonyl (C=O) groups is 2. The van der Waals surface area contributed by atoms with Crippen molar-refractivity contribution in [3.63, 3.8) is 0 Å². The molecular weight excluding hydrogens is 268 g/mol. The zero-order valence-electron chi connectivity index (χ0n) is 12.6. The van der Waals surface area contributed by atoms with E-state index in [-0.39, 0.29) is 30.6 Å². The summed E-state index contributed by atoms with van der Waals surface area (Å²) in [6.45, 7) is 1.79. The fourth-order valence-electron chi connectivity index (χ4n) is 2.49. The second kappa shape index (κ2) is 7.22. The van der Waals surface area contributed by atoms with Gasteiger partial charge >= 0.3 is 0 Å². The fraction of sp³-hybridized carbons (Fsp3) is 0.500. The zero-order chi connectivity index (χ0) is 15.2. The summed E-state index contributed by atoms with van der Waals surface area (Å²) in [6, 6.07) is 7.23. The van der Waals surface area contributed by atoms with Crippen molar-refractivity contribution < 1.29 is 14.3 Å². The molecule has 2 rings (SSSR count). The molecule has 1 aliphatic heterocycles. The molecule has 5 nitrogen and oxygen atoms in total. The first-order valence-corrected chi connectivity index (χ1v) is 7.25. The Morgan fingerprint density at radius 3 is 2.57 bits per heavy atom. The van der Waals surface area contributed by atoms with Crippen molar-refractivity contribution in [2.45, 2.75) is 25.3 Å². The highest BCUT2D eigenvalue weighted by Gasteiger charge is 2.23. The van der Waals surface area contributed by atoms with E-state index in [0.29, 0.717) is 5.56 Å². The normalized spacial score (nSPS) is 17.5. The van der Waals surface area contributed by atoms with Gasteiger partial charge in [0.25, 0.3) is 0 Å². The van der Waals surface area contributed by atoms with E-state index in [2.05, 4.69) is 5.32 Å². The van der Waals surface area contributed by atoms with Crippen LogP contribution in [-0.4, -0.2) is 49.9 Å². The van der Waals surface area contributed by atoms with Crippen LogP contribution in [0.2, 0.25) is 0 Å². The first-order valence-electron chi connectivity index (χ1n) is 7.25. The molecule has 1 amide bonds. The van der Waals surface area contributed by atoms with Crippen LogP contribution >= 0.6 is 0 Å². The molecule has 1 aliphatic rings. The molecule has 0 aliphatic carbocycles. The number of ether oxygens (including phenoxy) is 1. The number of nitrogens with one attached hydrogen (secondary N) is 1. The molecule has 1 unspecified atom stereocenters. The monoisotopic (exact) mass is 290 g/mol. The summed E-state index contributed by atoms with van der Waals surface area (Å²) in [5, 5.41) is 3.24. The maximum absolute atomic E-state index is 12.1. The summed E-state index contributed by atoms with van der Waals surface area (Å²) >= 11 is 0. The quantitative estimate of drug-likeness (QED) is 0.806. The maximum atomic E-state index is 12.1. The standard InChI is InChI=1S/C16H22N2O3/c1-18(13-9-10-17-11-13)16(20)8-7-15(19)12-3-5-14(21-2)6-4-12/h3-6,13,17H,7-11H2,1-2H3. The molecule has 1 atom stereocenters. The molecule has 0 spiro atoms. The number of rotatable bonds is 6. The number of benzene rings is 1. The van der Waals surface area contributed by atoms with Gasteiger partial charge in [0.2, 0.25) is 5.91 Å². The summed E-state index contributed by atoms with van der Waals surface area (Å²) in [4.78, 5) is 25.9. The lowest BCUT2D eigenvalue weighted by Gasteiger charge is -2.23. The Hall–Kier alpha value is -1.88. The van der Waals surface area contributed by atoms with Crippen LogP contribution in [-0.2, 0) is 4.79 Å². The maximum Gasteiger partial charge on any atom is 0.223 e. The first-order chi connectivity index (χ1) is 10.1. The Balaban J connectivity index is 1.83. The predicted molar refractivity (Wildman–Crippen MR) is 80.6 cm³/mol. The lowest BCUT2D eigenvalue weighted by molar-refractivity contribution is -0.131. The molecular formula is C16H22N2O3. The molecule has 1 fully saturated rings. The molecule has 21 heavy (non-hydrogen) atoms. The molecule has 114 valence electrons. The number of ketones is 1. The molecule has 0 saturated carbocycles. The number of hydrogen-bond donors (Lipinski definition) is 1. The van der Waals surface area contributed by atoms with Crippen LogP contribution in [0.15, 0.2) is 24.3 Å². The van der Waals surface area contributed by atoms with Crippen LogP contribution in [0.4, 0.5) is 0 Å². The lowest BCUT2D eigenvalue weighted by atomic mass is 10.1. The van der Waals surface area contributed by atoms with Gasteiger partial charge in [-0.25, -0.2) is 0 Å². The van der Waals surface area contributed by atoms with Crippen molar-refractivity contribution in [2.24, 2.45) is 0 Å². The SMILES string of the molecule is COc1ccc(C(=O)CCC(=O)N(C)C2CCNC2)cc1. The third kappa shape index (κ3) is 4.04. The van der Waals surface area contributed by atoms with E-state index in [9.17, 15) is 9.59 Å². The van der Waals surface area contributed by atoms with Crippen molar-refractivity contribution in [1.82, 2.24) is 10.2 Å². The van der Waals surface area contributed by atoms with Crippen LogP contribution in [0.3, 0.4) is 0 Å². The highest BCUT2D eigenvalue weighted by molar-refractivity contribution is 5.98. The predicted octanol–water partition coefficient (Wildman–Crippen LogP) is 1.48. The number of nitrogens with zero attached hydrogens (tertiary/aromatic N) is 1. The van der Waals surface area contributed by atoms with Crippen LogP contribution < -0.4 is 10.1 Å². The van der Waals surface area contributed by atoms with E-state index in [1.807, 2.05) is 7.05 Å². The molecule has 1 aromatic rings. The zero-order valence-corrected chi connectivity index (χ0v) is 12.6. The summed E-state index contributed by atoms with van der Waals surface area (Å²) in [5.74, 6) is 0.741. The van der Waals surface area contributed by atoms with Gasteiger partial charge in [0.15, 0.2) is 5.78 Å². The molecule has 0 radical (unpaired) electrons. The van der Waals surface area contributed by atoms with Gasteiger partial charge in [-0.1, -0.05) is 0 Å². The van der Waals surface area contributed by atoms with Gasteiger partial charge in [-0.2, -0.15) is 0 Å². The van der Waals surface area contributed by atoms with Gasteiger partial charge < -0.3 is 15.0 Å². The number of likely N-dealkylation sites (N-methyl/N-ethyl adjacent to an activating group) is 1. The highest BCUT2D eigenvalue weighted by Crippen LogP contribution is 2.14. The minimum atomic E-state index is -0.0102. The average Bonchev–Trinajstić information content (AvgIpc) is 3.06. The van der Waals surface area contributed by atoms with Gasteiger partial charge in [0.05, 0.1) is 7.11 Å². The van der Waals surface area contributed by atoms with Crippen LogP contribution in [0.5, 0.6) is 5.75 Å². The molecule has 1 N–H and O–H groups in total. The van der Waals surface area contributed by atoms with E-state index >= 15 is 0 Å². The smallest absolute Gasteiger partial charge is 0.223 e. The topological polar surface area (TPSA) is 58.6 Å². The summed E-state index contributed by atoms with van der Waals surface area (Å²) in [5.41, 5.74) is 0.619. The third-order valence-electron chi connectivity index (χ3n) is 3.95. The Labute approximate surface area is 125 Å². The van der Waals surface area contributed by atoms with Crippen LogP contribution in [0.1, 0.15) is 29.6 Å². The largest absolute Gasteiger partial charge is 0.497 e. The molecule has 1 saturated heterocycles. The molecule has 0 aromatic heterocycles. The molecule has 1 aromatic carbocycles. The van der Waals surface area contributed by atoms with Gasteiger partial charge in [0.1, 0.15) is 5.75 Å². The Morgan fingerprint density at radius 2 is 2.00 bits per heavy atom. The highest BCUT2D eigenvalue weighted by atomic mass is 16.5. The second-order valence-electron chi connectivity index (χ2n) is 5.30. The fourth-order valence-corrected chi connectivity index (χ4v) is 2.49. The Kier molecular flexibility index (Phi) is 5.33. The van der Waals surface area contributed by atoms with E-state index in [1.165, 1.54) is 0 Å². The molecule has 0 bridgehead atoms. The van der Waals surface area contributed by atoms with Crippen molar-refractivity contribution in [3.8, 4) is 5.75 Å². The summed E-state index contributed by atoms with van der Waals surface area (Å²) in [7, 11) is 3.40. The second-order valence-corrected chi connectivity index (χ2v) is 5.30. The van der Waals surface area contributed by atoms with Crippen LogP contribution in [0.25, 0.3) is 0 Å². The van der Waals surface area contributed by atoms with Crippen molar-refractivity contribution >= 4 is 11.7 Å². The minimum absolute atomic E-state index is 0.0102. The molecule has 1 heterocycles. The Morgan fingerprint density at radius 1 is 1.29 bits per heavy atom. The Bertz CT molecular complexity index is 493. The van der Waals surface area contributed by atoms with Crippen LogP contribution in [0, 0.1) is 0 Å². The van der Waals surface area contributed by atoms with E-state index in [4.69, 9.17) is 4.74 Å². The van der Waals surface area contributed by atoms with Gasteiger partial charge in [-0.15, -0.1) is 0 Å². The van der Waals surface area contributed by atoms with Gasteiger partial charge in [-0.05, 0) is 37.2 Å². The lowest BCUT2D eigenvalue weighted by Crippen LogP contribution is -2.38. The van der Waals surface area contributed by atoms with E-state index in [1.54, 1.807) is 36.3 Å². The number of hydrogen-bond acceptors (Lipinski definition) is 4. The first kappa shape index (κ1) is 15.5. The van der Waals surface area contributed by atoms with Crippen molar-refractivity contribution in [1.29, 1.82) is 0 Å². The van der Waals surface area contributed by atoms with E-state index < -0.39 is 0 Å². The van der Waals surface area contributed by atoms with Crippen molar-refractivity contribution in [2.75, 3.05) is 27.2 Å². The van der Waals surface area contributed by atoms with Crippen molar-refractivity contribution in [3.05, 3.63) is 29.8 Å². The average molecular weight is 290 g/mol. The van der Waals surface area contributed by atoms with E-state index in [0.717, 1.165) is 25.3 Å². The third-order valence-corrected chi connectivity index (χ3v) is 3.95. The summed E-state index contributed by atoms with van der Waals surface area (Å²) < 4.78 is 5.06. The summed E-state index contributed by atoms with van der Waals surface area (Å²) in [6.07, 6.45) is 1.49. The number of amides is 1. The van der Waals surface area contributed by atoms with Gasteiger partial charge in [0, 0.05) is 38.0 Å². The molecule has 5 heteroatoms.